The van der Waals surface area contributed by atoms with Gasteiger partial charge in [0.2, 0.25) is 0 Å². The molecule has 1 heterocycles. The number of benzene rings is 2. The molecule has 3 aromatic rings. The lowest BCUT2D eigenvalue weighted by molar-refractivity contribution is -0.137. The maximum atomic E-state index is 12.7. The normalized spacial score (nSPS) is 11.8. The number of hydrogen-bond acceptors (Lipinski definition) is 3. The van der Waals surface area contributed by atoms with Crippen LogP contribution >= 0.6 is 0 Å². The van der Waals surface area contributed by atoms with Gasteiger partial charge < -0.3 is 4.42 Å². The molecule has 0 aliphatic carbocycles. The number of nitrogens with zero attached hydrogens (tertiary/aromatic N) is 2. The van der Waals surface area contributed by atoms with Crippen molar-refractivity contribution >= 4 is 6.21 Å². The predicted molar refractivity (Wildman–Crippen MR) is 93.4 cm³/mol. The quantitative estimate of drug-likeness (QED) is 0.440. The van der Waals surface area contributed by atoms with Crippen molar-refractivity contribution in [2.24, 2.45) is 5.10 Å². The maximum Gasteiger partial charge on any atom is 0.416 e. The van der Waals surface area contributed by atoms with E-state index >= 15 is 0 Å². The van der Waals surface area contributed by atoms with Crippen molar-refractivity contribution in [1.29, 1.82) is 0 Å². The molecular formula is C20H17F3N2O. The van der Waals surface area contributed by atoms with Crippen molar-refractivity contribution in [3.05, 3.63) is 95.4 Å². The van der Waals surface area contributed by atoms with E-state index in [1.165, 1.54) is 12.1 Å². The summed E-state index contributed by atoms with van der Waals surface area (Å²) in [6.45, 7) is 0.928. The lowest BCUT2D eigenvalue weighted by Crippen LogP contribution is -2.17. The summed E-state index contributed by atoms with van der Waals surface area (Å²) in [6, 6.07) is 16.7. The fraction of sp³-hybridized carbons (Fsp3) is 0.150. The second-order valence-electron chi connectivity index (χ2n) is 5.80. The summed E-state index contributed by atoms with van der Waals surface area (Å²) in [4.78, 5) is 0. The van der Waals surface area contributed by atoms with E-state index in [0.29, 0.717) is 13.1 Å². The molecule has 0 saturated carbocycles. The first-order valence-electron chi connectivity index (χ1n) is 8.02. The van der Waals surface area contributed by atoms with Crippen LogP contribution in [0.4, 0.5) is 13.2 Å². The third-order valence-corrected chi connectivity index (χ3v) is 3.77. The Morgan fingerprint density at radius 1 is 0.885 bits per heavy atom. The summed E-state index contributed by atoms with van der Waals surface area (Å²) in [7, 11) is 0. The summed E-state index contributed by atoms with van der Waals surface area (Å²) in [6.07, 6.45) is 0.458. The molecule has 0 aliphatic heterocycles. The van der Waals surface area contributed by atoms with E-state index in [4.69, 9.17) is 4.42 Å². The van der Waals surface area contributed by atoms with Crippen LogP contribution in [-0.2, 0) is 19.3 Å². The van der Waals surface area contributed by atoms with E-state index in [9.17, 15) is 13.2 Å². The average molecular weight is 358 g/mol. The van der Waals surface area contributed by atoms with Gasteiger partial charge in [-0.15, -0.1) is 0 Å². The minimum Gasteiger partial charge on any atom is -0.472 e. The summed E-state index contributed by atoms with van der Waals surface area (Å²) >= 11 is 0. The first-order chi connectivity index (χ1) is 12.5. The molecule has 0 aliphatic rings. The number of hydrogen-bond donors (Lipinski definition) is 0. The van der Waals surface area contributed by atoms with E-state index in [-0.39, 0.29) is 0 Å². The zero-order valence-electron chi connectivity index (χ0n) is 13.9. The molecule has 0 atom stereocenters. The molecule has 0 spiro atoms. The van der Waals surface area contributed by atoms with Gasteiger partial charge in [-0.2, -0.15) is 18.3 Å². The Bertz CT molecular complexity index is 826. The van der Waals surface area contributed by atoms with Crippen LogP contribution in [0.25, 0.3) is 0 Å². The summed E-state index contributed by atoms with van der Waals surface area (Å²) < 4.78 is 43.1. The highest BCUT2D eigenvalue weighted by Crippen LogP contribution is 2.29. The fourth-order valence-corrected chi connectivity index (χ4v) is 2.44. The molecule has 0 amide bonds. The highest BCUT2D eigenvalue weighted by atomic mass is 19.4. The van der Waals surface area contributed by atoms with E-state index in [0.717, 1.165) is 28.8 Å². The van der Waals surface area contributed by atoms with Crippen LogP contribution in [0.3, 0.4) is 0 Å². The van der Waals surface area contributed by atoms with Gasteiger partial charge in [0.1, 0.15) is 0 Å². The zero-order chi connectivity index (χ0) is 18.4. The second kappa shape index (κ2) is 7.91. The van der Waals surface area contributed by atoms with Crippen molar-refractivity contribution in [3.63, 3.8) is 0 Å². The van der Waals surface area contributed by atoms with Gasteiger partial charge in [-0.25, -0.2) is 0 Å². The summed E-state index contributed by atoms with van der Waals surface area (Å²) in [5, 5.41) is 6.25. The molecule has 0 unspecified atom stereocenters. The molecule has 1 aromatic heterocycles. The number of alkyl halides is 3. The molecule has 0 fully saturated rings. The molecule has 0 radical (unpaired) electrons. The van der Waals surface area contributed by atoms with Gasteiger partial charge in [-0.05, 0) is 29.3 Å². The van der Waals surface area contributed by atoms with Crippen LogP contribution in [0.1, 0.15) is 22.3 Å². The summed E-state index contributed by atoms with van der Waals surface area (Å²) in [5.74, 6) is 0. The van der Waals surface area contributed by atoms with Gasteiger partial charge in [0.05, 0.1) is 37.4 Å². The Balaban J connectivity index is 1.76. The van der Waals surface area contributed by atoms with Crippen LogP contribution in [0, 0.1) is 0 Å². The van der Waals surface area contributed by atoms with Gasteiger partial charge >= 0.3 is 6.18 Å². The molecule has 6 heteroatoms. The minimum atomic E-state index is -4.33. The Kier molecular flexibility index (Phi) is 5.41. The molecule has 0 saturated heterocycles. The Morgan fingerprint density at radius 2 is 1.54 bits per heavy atom. The Morgan fingerprint density at radius 3 is 2.12 bits per heavy atom. The smallest absolute Gasteiger partial charge is 0.416 e. The third-order valence-electron chi connectivity index (χ3n) is 3.77. The van der Waals surface area contributed by atoms with Crippen LogP contribution in [-0.4, -0.2) is 11.2 Å². The van der Waals surface area contributed by atoms with Crippen molar-refractivity contribution in [2.75, 3.05) is 0 Å². The Labute approximate surface area is 149 Å². The molecule has 0 N–H and O–H groups in total. The monoisotopic (exact) mass is 358 g/mol. The number of hydrazone groups is 1. The van der Waals surface area contributed by atoms with E-state index in [1.54, 1.807) is 29.8 Å². The van der Waals surface area contributed by atoms with Gasteiger partial charge in [-0.1, -0.05) is 42.5 Å². The Hall–Kier alpha value is -3.02. The highest BCUT2D eigenvalue weighted by Gasteiger charge is 2.29. The fourth-order valence-electron chi connectivity index (χ4n) is 2.44. The van der Waals surface area contributed by atoms with Crippen molar-refractivity contribution in [1.82, 2.24) is 5.01 Å². The van der Waals surface area contributed by atoms with E-state index in [1.807, 2.05) is 30.3 Å². The number of rotatable bonds is 6. The molecular weight excluding hydrogens is 341 g/mol. The molecule has 3 rings (SSSR count). The molecule has 2 aromatic carbocycles. The predicted octanol–water partition coefficient (Wildman–Crippen LogP) is 5.33. The second-order valence-corrected chi connectivity index (χ2v) is 5.80. The first kappa shape index (κ1) is 17.8. The molecule has 3 nitrogen and oxygen atoms in total. The molecule has 0 bridgehead atoms. The van der Waals surface area contributed by atoms with Crippen molar-refractivity contribution in [3.8, 4) is 0 Å². The van der Waals surface area contributed by atoms with E-state index < -0.39 is 11.7 Å². The standard InChI is InChI=1S/C20H17F3N2O/c21-20(22,23)19-8-6-17(7-9-19)14-25(13-16-4-2-1-3-5-16)24-12-18-10-11-26-15-18/h1-12,15H,13-14H2/b24-12+. The highest BCUT2D eigenvalue weighted by molar-refractivity contribution is 5.78. The molecule has 134 valence electrons. The van der Waals surface area contributed by atoms with Gasteiger partial charge in [0, 0.05) is 5.56 Å². The van der Waals surface area contributed by atoms with Gasteiger partial charge in [0.25, 0.3) is 0 Å². The minimum absolute atomic E-state index is 0.390. The lowest BCUT2D eigenvalue weighted by Gasteiger charge is -2.19. The van der Waals surface area contributed by atoms with Gasteiger partial charge in [0.15, 0.2) is 0 Å². The van der Waals surface area contributed by atoms with Gasteiger partial charge in [-0.3, -0.25) is 5.01 Å². The average Bonchev–Trinajstić information content (AvgIpc) is 3.14. The third kappa shape index (κ3) is 4.99. The summed E-state index contributed by atoms with van der Waals surface area (Å²) in [5.41, 5.74) is 1.97. The maximum absolute atomic E-state index is 12.7. The van der Waals surface area contributed by atoms with Crippen LogP contribution in [0.5, 0.6) is 0 Å². The van der Waals surface area contributed by atoms with Crippen molar-refractivity contribution in [2.45, 2.75) is 19.3 Å². The van der Waals surface area contributed by atoms with Crippen LogP contribution in [0.15, 0.2) is 82.7 Å². The first-order valence-corrected chi connectivity index (χ1v) is 8.02. The number of halogens is 3. The largest absolute Gasteiger partial charge is 0.472 e. The number of furan rings is 1. The topological polar surface area (TPSA) is 28.7 Å². The molecule has 26 heavy (non-hydrogen) atoms. The van der Waals surface area contributed by atoms with Crippen molar-refractivity contribution < 1.29 is 17.6 Å². The van der Waals surface area contributed by atoms with E-state index in [2.05, 4.69) is 5.10 Å². The van der Waals surface area contributed by atoms with Crippen LogP contribution in [0.2, 0.25) is 0 Å². The lowest BCUT2D eigenvalue weighted by atomic mass is 10.1. The zero-order valence-corrected chi connectivity index (χ0v) is 13.9. The SMILES string of the molecule is FC(F)(F)c1ccc(CN(Cc2ccccc2)/N=C/c2ccoc2)cc1. The van der Waals surface area contributed by atoms with Crippen LogP contribution < -0.4 is 0 Å².